The molecule has 0 amide bonds. The fraction of sp³-hybridized carbons (Fsp3) is 0.368. The second-order valence-corrected chi connectivity index (χ2v) is 7.40. The Bertz CT molecular complexity index is 1120. The van der Waals surface area contributed by atoms with Gasteiger partial charge in [-0.1, -0.05) is 0 Å². The summed E-state index contributed by atoms with van der Waals surface area (Å²) in [5.74, 6) is 1.33. The largest absolute Gasteiger partial charge is 0.492 e. The first-order valence-corrected chi connectivity index (χ1v) is 9.52. The van der Waals surface area contributed by atoms with Gasteiger partial charge in [-0.3, -0.25) is 35.2 Å². The van der Waals surface area contributed by atoms with Crippen molar-refractivity contribution in [1.82, 2.24) is 4.90 Å². The van der Waals surface area contributed by atoms with Gasteiger partial charge < -0.3 is 14.2 Å². The van der Waals surface area contributed by atoms with Gasteiger partial charge in [0, 0.05) is 24.6 Å². The molecule has 0 spiro atoms. The molecule has 0 saturated carbocycles. The number of fused-ring (bicyclic) bond motifs is 2. The van der Waals surface area contributed by atoms with Gasteiger partial charge in [-0.2, -0.15) is 0 Å². The van der Waals surface area contributed by atoms with Crippen molar-refractivity contribution in [2.45, 2.75) is 18.9 Å². The van der Waals surface area contributed by atoms with Gasteiger partial charge in [-0.05, 0) is 25.1 Å². The van der Waals surface area contributed by atoms with Gasteiger partial charge >= 0.3 is 0 Å². The molecule has 13 heteroatoms. The molecule has 0 N–H and O–H groups in total. The number of rotatable bonds is 6. The average Bonchev–Trinajstić information content (AvgIpc) is 3.21. The summed E-state index contributed by atoms with van der Waals surface area (Å²) in [6.45, 7) is 0.601. The van der Waals surface area contributed by atoms with Crippen LogP contribution in [-0.4, -0.2) is 47.2 Å². The van der Waals surface area contributed by atoms with E-state index >= 15 is 0 Å². The second kappa shape index (κ2) is 7.92. The molecular formula is C19H18N4O9. The Labute approximate surface area is 180 Å². The van der Waals surface area contributed by atoms with Crippen molar-refractivity contribution in [2.24, 2.45) is 0 Å². The SMILES string of the molecule is COc1c2c(cc3c1[C@@H](Cc1c([N+](=O)[O-])cc([N+](=O)[O-])cc1[N+](=O)[O-])N(C)CC3)OCO2. The van der Waals surface area contributed by atoms with E-state index < -0.39 is 37.9 Å². The van der Waals surface area contributed by atoms with E-state index in [0.717, 1.165) is 17.7 Å². The number of nitro groups is 3. The minimum atomic E-state index is -0.893. The van der Waals surface area contributed by atoms with Crippen molar-refractivity contribution in [3.8, 4) is 17.2 Å². The zero-order valence-corrected chi connectivity index (χ0v) is 17.1. The van der Waals surface area contributed by atoms with Crippen LogP contribution < -0.4 is 14.2 Å². The number of nitro benzene ring substituents is 3. The highest BCUT2D eigenvalue weighted by atomic mass is 16.7. The lowest BCUT2D eigenvalue weighted by Crippen LogP contribution is -2.34. The number of hydrogen-bond acceptors (Lipinski definition) is 10. The van der Waals surface area contributed by atoms with Crippen LogP contribution in [0.4, 0.5) is 17.1 Å². The lowest BCUT2D eigenvalue weighted by Gasteiger charge is -2.35. The number of likely N-dealkylation sites (N-methyl/N-ethyl adjacent to an activating group) is 1. The Hall–Kier alpha value is -4.00. The van der Waals surface area contributed by atoms with Crippen molar-refractivity contribution in [2.75, 3.05) is 27.5 Å². The van der Waals surface area contributed by atoms with E-state index in [1.54, 1.807) is 7.05 Å². The predicted molar refractivity (Wildman–Crippen MR) is 108 cm³/mol. The third-order valence-corrected chi connectivity index (χ3v) is 5.74. The maximum atomic E-state index is 11.7. The molecule has 0 unspecified atom stereocenters. The maximum absolute atomic E-state index is 11.7. The summed E-state index contributed by atoms with van der Waals surface area (Å²) in [7, 11) is 3.25. The van der Waals surface area contributed by atoms with E-state index in [-0.39, 0.29) is 18.8 Å². The van der Waals surface area contributed by atoms with Gasteiger partial charge in [0.15, 0.2) is 11.5 Å². The van der Waals surface area contributed by atoms with Gasteiger partial charge in [-0.15, -0.1) is 0 Å². The molecule has 2 heterocycles. The molecule has 4 rings (SSSR count). The van der Waals surface area contributed by atoms with E-state index in [1.807, 2.05) is 11.0 Å². The molecule has 0 radical (unpaired) electrons. The Morgan fingerprint density at radius 3 is 2.28 bits per heavy atom. The molecule has 2 aliphatic rings. The molecule has 0 saturated heterocycles. The first kappa shape index (κ1) is 21.2. The van der Waals surface area contributed by atoms with E-state index in [2.05, 4.69) is 0 Å². The summed E-state index contributed by atoms with van der Waals surface area (Å²) < 4.78 is 16.6. The highest BCUT2D eigenvalue weighted by molar-refractivity contribution is 5.64. The summed E-state index contributed by atoms with van der Waals surface area (Å²) in [5.41, 5.74) is -0.702. The first-order valence-electron chi connectivity index (χ1n) is 9.52. The Kier molecular flexibility index (Phi) is 5.26. The van der Waals surface area contributed by atoms with Crippen LogP contribution in [0.25, 0.3) is 0 Å². The van der Waals surface area contributed by atoms with E-state index in [0.29, 0.717) is 35.8 Å². The van der Waals surface area contributed by atoms with E-state index in [1.165, 1.54) is 7.11 Å². The van der Waals surface area contributed by atoms with Crippen LogP contribution >= 0.6 is 0 Å². The molecule has 13 nitrogen and oxygen atoms in total. The summed E-state index contributed by atoms with van der Waals surface area (Å²) in [6.07, 6.45) is 0.504. The van der Waals surface area contributed by atoms with Crippen LogP contribution in [-0.2, 0) is 12.8 Å². The smallest absolute Gasteiger partial charge is 0.286 e. The Morgan fingerprint density at radius 1 is 1.06 bits per heavy atom. The fourth-order valence-electron chi connectivity index (χ4n) is 4.24. The molecule has 2 aliphatic heterocycles. The van der Waals surface area contributed by atoms with Crippen molar-refractivity contribution < 1.29 is 29.0 Å². The lowest BCUT2D eigenvalue weighted by atomic mass is 9.86. The number of benzene rings is 2. The molecule has 0 fully saturated rings. The van der Waals surface area contributed by atoms with Gasteiger partial charge in [-0.25, -0.2) is 0 Å². The number of hydrogen-bond donors (Lipinski definition) is 0. The molecule has 168 valence electrons. The van der Waals surface area contributed by atoms with Gasteiger partial charge in [0.2, 0.25) is 12.5 Å². The summed E-state index contributed by atoms with van der Waals surface area (Å²) in [6, 6.07) is 2.78. The monoisotopic (exact) mass is 446 g/mol. The number of non-ortho nitro benzene ring substituents is 1. The van der Waals surface area contributed by atoms with E-state index in [4.69, 9.17) is 14.2 Å². The third kappa shape index (κ3) is 3.41. The van der Waals surface area contributed by atoms with Gasteiger partial charge in [0.25, 0.3) is 17.1 Å². The first-order chi connectivity index (χ1) is 15.2. The van der Waals surface area contributed by atoms with Crippen LogP contribution in [0.15, 0.2) is 18.2 Å². The van der Waals surface area contributed by atoms with Gasteiger partial charge in [0.05, 0.1) is 34.0 Å². The molecule has 2 aromatic carbocycles. The molecular weight excluding hydrogens is 428 g/mol. The average molecular weight is 446 g/mol. The quantitative estimate of drug-likeness (QED) is 0.476. The zero-order chi connectivity index (χ0) is 23.2. The van der Waals surface area contributed by atoms with Crippen LogP contribution in [0.2, 0.25) is 0 Å². The van der Waals surface area contributed by atoms with Crippen LogP contribution in [0.1, 0.15) is 22.7 Å². The fourth-order valence-corrected chi connectivity index (χ4v) is 4.24. The van der Waals surface area contributed by atoms with Gasteiger partial charge in [0.1, 0.15) is 5.56 Å². The Balaban J connectivity index is 1.90. The topological polar surface area (TPSA) is 160 Å². The van der Waals surface area contributed by atoms with E-state index in [9.17, 15) is 30.3 Å². The van der Waals surface area contributed by atoms with Crippen molar-refractivity contribution in [3.05, 3.63) is 65.2 Å². The normalized spacial score (nSPS) is 17.0. The minimum absolute atomic E-state index is 0.0222. The Morgan fingerprint density at radius 2 is 1.72 bits per heavy atom. The number of nitrogens with zero attached hydrogens (tertiary/aromatic N) is 4. The zero-order valence-electron chi connectivity index (χ0n) is 17.1. The van der Waals surface area contributed by atoms with Crippen molar-refractivity contribution in [1.29, 1.82) is 0 Å². The number of methoxy groups -OCH3 is 1. The molecule has 0 aromatic heterocycles. The maximum Gasteiger partial charge on any atom is 0.286 e. The van der Waals surface area contributed by atoms with Crippen LogP contribution in [0, 0.1) is 30.3 Å². The summed E-state index contributed by atoms with van der Waals surface area (Å²) in [4.78, 5) is 33.9. The highest BCUT2D eigenvalue weighted by Crippen LogP contribution is 2.50. The molecule has 0 bridgehead atoms. The van der Waals surface area contributed by atoms with Crippen molar-refractivity contribution >= 4 is 17.1 Å². The standard InChI is InChI=1S/C19H18N4O9/c1-20-4-3-10-5-16-18(32-9-31-16)19(30-2)17(10)15(20)8-12-13(22(26)27)6-11(21(24)25)7-14(12)23(28)29/h5-7,15H,3-4,8-9H2,1-2H3/t15-/m1/s1. The molecule has 1 atom stereocenters. The summed E-state index contributed by atoms with van der Waals surface area (Å²) >= 11 is 0. The third-order valence-electron chi connectivity index (χ3n) is 5.74. The molecule has 0 aliphatic carbocycles. The lowest BCUT2D eigenvalue weighted by molar-refractivity contribution is -0.404. The van der Waals surface area contributed by atoms with Crippen molar-refractivity contribution in [3.63, 3.8) is 0 Å². The molecule has 2 aromatic rings. The predicted octanol–water partition coefficient (Wildman–Crippen LogP) is 2.92. The highest BCUT2D eigenvalue weighted by Gasteiger charge is 2.38. The summed E-state index contributed by atoms with van der Waals surface area (Å²) in [5, 5.41) is 34.6. The number of ether oxygens (including phenoxy) is 3. The van der Waals surface area contributed by atoms with Crippen LogP contribution in [0.5, 0.6) is 17.2 Å². The second-order valence-electron chi connectivity index (χ2n) is 7.40. The van der Waals surface area contributed by atoms with Crippen LogP contribution in [0.3, 0.4) is 0 Å². The minimum Gasteiger partial charge on any atom is -0.492 e. The molecule has 32 heavy (non-hydrogen) atoms.